The predicted octanol–water partition coefficient (Wildman–Crippen LogP) is 0.367. The van der Waals surface area contributed by atoms with Crippen LogP contribution in [0, 0.1) is 5.53 Å². The normalized spacial score (nSPS) is 11.3. The van der Waals surface area contributed by atoms with Gasteiger partial charge in [-0.3, -0.25) is 0 Å². The third-order valence-corrected chi connectivity index (χ3v) is 0.900. The fourth-order valence-corrected chi connectivity index (χ4v) is 0.451. The first-order valence-corrected chi connectivity index (χ1v) is 2.97. The van der Waals surface area contributed by atoms with Crippen molar-refractivity contribution < 1.29 is 4.79 Å². The number of amides is 2. The minimum absolute atomic E-state index is 0.428. The van der Waals surface area contributed by atoms with Crippen LogP contribution in [0.5, 0.6) is 0 Å². The molecule has 0 rings (SSSR count). The topological polar surface area (TPSA) is 132 Å². The van der Waals surface area contributed by atoms with Crippen molar-refractivity contribution in [3.8, 4) is 0 Å². The van der Waals surface area contributed by atoms with Gasteiger partial charge in [0.05, 0.1) is 7.05 Å². The lowest BCUT2D eigenvalue weighted by atomic mass is 10.8. The number of carbonyl (C=O) groups excluding carboxylic acids is 1. The van der Waals surface area contributed by atoms with E-state index in [4.69, 9.17) is 11.4 Å². The van der Waals surface area contributed by atoms with Crippen molar-refractivity contribution in [1.82, 2.24) is 5.01 Å². The van der Waals surface area contributed by atoms with Crippen molar-refractivity contribution in [3.63, 3.8) is 0 Å². The van der Waals surface area contributed by atoms with Crippen molar-refractivity contribution in [2.45, 2.75) is 0 Å². The highest BCUT2D eigenvalue weighted by molar-refractivity contribution is 5.97. The molecule has 0 aromatic rings. The standard InChI is InChI=1S/C4H8N8O/c1-7-4(13)12(11-8-2)3(9-5)10-6/h5H,1,6H2,2H3/b9-5?,10-3-,11-8?. The van der Waals surface area contributed by atoms with Gasteiger partial charge in [-0.15, -0.1) is 15.2 Å². The SMILES string of the molecule is C=NC(=O)N(N=NC)/C(N=N)=N\N. The van der Waals surface area contributed by atoms with E-state index >= 15 is 0 Å². The van der Waals surface area contributed by atoms with Gasteiger partial charge in [0.25, 0.3) is 5.96 Å². The maximum absolute atomic E-state index is 10.9. The summed E-state index contributed by atoms with van der Waals surface area (Å²) in [5, 5.41) is 13.0. The van der Waals surface area contributed by atoms with Gasteiger partial charge in [0.15, 0.2) is 0 Å². The summed E-state index contributed by atoms with van der Waals surface area (Å²) in [6, 6.07) is -0.870. The first-order valence-electron chi connectivity index (χ1n) is 2.97. The molecule has 0 heterocycles. The summed E-state index contributed by atoms with van der Waals surface area (Å²) < 4.78 is 0. The quantitative estimate of drug-likeness (QED) is 0.200. The molecule has 9 heteroatoms. The molecular weight excluding hydrogens is 176 g/mol. The number of guanidine groups is 1. The number of hydrazone groups is 1. The van der Waals surface area contributed by atoms with Gasteiger partial charge < -0.3 is 5.84 Å². The molecule has 13 heavy (non-hydrogen) atoms. The fourth-order valence-electron chi connectivity index (χ4n) is 0.451. The van der Waals surface area contributed by atoms with Crippen molar-refractivity contribution >= 4 is 18.7 Å². The van der Waals surface area contributed by atoms with Crippen LogP contribution in [0.4, 0.5) is 4.79 Å². The molecule has 0 saturated carbocycles. The predicted molar refractivity (Wildman–Crippen MR) is 44.3 cm³/mol. The summed E-state index contributed by atoms with van der Waals surface area (Å²) in [5.74, 6) is 4.40. The van der Waals surface area contributed by atoms with Crippen LogP contribution in [0.1, 0.15) is 0 Å². The lowest BCUT2D eigenvalue weighted by molar-refractivity contribution is 0.229. The highest BCUT2D eigenvalue weighted by Gasteiger charge is 2.17. The molecule has 0 bridgehead atoms. The van der Waals surface area contributed by atoms with E-state index in [1.165, 1.54) is 7.05 Å². The van der Waals surface area contributed by atoms with Crippen LogP contribution in [0.25, 0.3) is 0 Å². The van der Waals surface area contributed by atoms with E-state index in [2.05, 4.69) is 32.3 Å². The molecule has 0 radical (unpaired) electrons. The molecule has 2 amide bonds. The molecule has 0 atom stereocenters. The van der Waals surface area contributed by atoms with Gasteiger partial charge in [-0.1, -0.05) is 5.22 Å². The van der Waals surface area contributed by atoms with Crippen molar-refractivity contribution in [2.24, 2.45) is 31.4 Å². The number of nitrogens with one attached hydrogen (secondary N) is 1. The molecule has 0 aliphatic rings. The summed E-state index contributed by atoms with van der Waals surface area (Å²) in [6.07, 6.45) is 0. The third-order valence-electron chi connectivity index (χ3n) is 0.900. The van der Waals surface area contributed by atoms with Gasteiger partial charge >= 0.3 is 6.03 Å². The number of nitrogens with two attached hydrogens (primary N) is 1. The van der Waals surface area contributed by atoms with Crippen LogP contribution in [0.2, 0.25) is 0 Å². The number of nitrogens with zero attached hydrogens (tertiary/aromatic N) is 6. The Morgan fingerprint density at radius 1 is 1.62 bits per heavy atom. The summed E-state index contributed by atoms with van der Waals surface area (Å²) in [4.78, 5) is 14.0. The second-order valence-corrected chi connectivity index (χ2v) is 1.58. The van der Waals surface area contributed by atoms with Crippen LogP contribution in [-0.4, -0.2) is 30.8 Å². The maximum Gasteiger partial charge on any atom is 0.372 e. The number of rotatable bonds is 1. The first-order chi connectivity index (χ1) is 6.21. The summed E-state index contributed by atoms with van der Waals surface area (Å²) >= 11 is 0. The van der Waals surface area contributed by atoms with Gasteiger partial charge in [0, 0.05) is 0 Å². The summed E-state index contributed by atoms with van der Waals surface area (Å²) in [5.41, 5.74) is 6.59. The molecule has 9 nitrogen and oxygen atoms in total. The molecule has 3 N–H and O–H groups in total. The molecule has 0 aliphatic carbocycles. The smallest absolute Gasteiger partial charge is 0.320 e. The minimum Gasteiger partial charge on any atom is -0.320 e. The van der Waals surface area contributed by atoms with Crippen LogP contribution >= 0.6 is 0 Å². The van der Waals surface area contributed by atoms with Crippen molar-refractivity contribution in [1.29, 1.82) is 5.53 Å². The minimum atomic E-state index is -0.870. The van der Waals surface area contributed by atoms with Crippen LogP contribution in [0.3, 0.4) is 0 Å². The number of hydrogen-bond acceptors (Lipinski definition) is 6. The Kier molecular flexibility index (Phi) is 4.54. The first kappa shape index (κ1) is 10.8. The Bertz CT molecular complexity index is 267. The van der Waals surface area contributed by atoms with E-state index in [0.717, 1.165) is 0 Å². The van der Waals surface area contributed by atoms with Gasteiger partial charge in [-0.25, -0.2) is 15.3 Å². The molecule has 0 aliphatic heterocycles. The fraction of sp³-hybridized carbons (Fsp3) is 0.250. The van der Waals surface area contributed by atoms with Gasteiger partial charge in [0.1, 0.15) is 0 Å². The van der Waals surface area contributed by atoms with Crippen LogP contribution < -0.4 is 5.84 Å². The lowest BCUT2D eigenvalue weighted by Gasteiger charge is -2.07. The Morgan fingerprint density at radius 2 is 2.23 bits per heavy atom. The maximum atomic E-state index is 10.9. The number of hydrogen-bond donors (Lipinski definition) is 2. The molecule has 0 aromatic carbocycles. The van der Waals surface area contributed by atoms with E-state index in [1.54, 1.807) is 0 Å². The second-order valence-electron chi connectivity index (χ2n) is 1.58. The Morgan fingerprint density at radius 3 is 2.54 bits per heavy atom. The van der Waals surface area contributed by atoms with Gasteiger partial charge in [0.2, 0.25) is 0 Å². The van der Waals surface area contributed by atoms with E-state index in [9.17, 15) is 4.79 Å². The molecule has 0 spiro atoms. The zero-order chi connectivity index (χ0) is 10.3. The number of aliphatic imine (C=N–C) groups is 1. The highest BCUT2D eigenvalue weighted by Crippen LogP contribution is 1.98. The van der Waals surface area contributed by atoms with Crippen molar-refractivity contribution in [2.75, 3.05) is 7.05 Å². The summed E-state index contributed by atoms with van der Waals surface area (Å²) in [6.45, 7) is 2.97. The monoisotopic (exact) mass is 184 g/mol. The van der Waals surface area contributed by atoms with Crippen LogP contribution in [0.15, 0.2) is 25.5 Å². The number of carbonyl (C=O) groups is 1. The molecule has 0 fully saturated rings. The average molecular weight is 184 g/mol. The largest absolute Gasteiger partial charge is 0.372 e. The zero-order valence-electron chi connectivity index (χ0n) is 6.88. The van der Waals surface area contributed by atoms with E-state index < -0.39 is 12.0 Å². The molecule has 0 saturated heterocycles. The van der Waals surface area contributed by atoms with Gasteiger partial charge in [-0.05, 0) is 6.72 Å². The van der Waals surface area contributed by atoms with Crippen molar-refractivity contribution in [3.05, 3.63) is 0 Å². The molecule has 0 unspecified atom stereocenters. The number of urea groups is 1. The molecule has 0 aromatic heterocycles. The highest BCUT2D eigenvalue weighted by atomic mass is 16.2. The van der Waals surface area contributed by atoms with Gasteiger partial charge in [-0.2, -0.15) is 5.11 Å². The average Bonchev–Trinajstić information content (AvgIpc) is 2.17. The van der Waals surface area contributed by atoms with E-state index in [-0.39, 0.29) is 0 Å². The Labute approximate surface area is 73.5 Å². The molecule has 70 valence electrons. The van der Waals surface area contributed by atoms with Crippen LogP contribution in [-0.2, 0) is 0 Å². The Hall–Kier alpha value is -2.19. The zero-order valence-corrected chi connectivity index (χ0v) is 6.88. The van der Waals surface area contributed by atoms with E-state index in [1.807, 2.05) is 0 Å². The van der Waals surface area contributed by atoms with E-state index in [0.29, 0.717) is 5.01 Å². The molecular formula is C4H8N8O. The lowest BCUT2D eigenvalue weighted by Crippen LogP contribution is -2.28. The second kappa shape index (κ2) is 5.46. The summed E-state index contributed by atoms with van der Waals surface area (Å²) in [7, 11) is 1.32. The Balaban J connectivity index is 4.89. The third kappa shape index (κ3) is 2.73.